The molecule has 0 radical (unpaired) electrons. The van der Waals surface area contributed by atoms with Gasteiger partial charge in [-0.05, 0) is 55.7 Å². The van der Waals surface area contributed by atoms with Crippen molar-refractivity contribution in [3.8, 4) is 0 Å². The number of fused-ring (bicyclic) bond motifs is 1. The topological polar surface area (TPSA) is 39.7 Å². The van der Waals surface area contributed by atoms with Crippen LogP contribution in [-0.2, 0) is 0 Å². The minimum absolute atomic E-state index is 0.00404. The minimum atomic E-state index is -0.319. The van der Waals surface area contributed by atoms with Crippen molar-refractivity contribution in [3.63, 3.8) is 0 Å². The molecular weight excluding hydrogens is 427 g/mol. The maximum Gasteiger partial charge on any atom is 0.257 e. The first kappa shape index (κ1) is 21.0. The van der Waals surface area contributed by atoms with Crippen molar-refractivity contribution in [3.05, 3.63) is 65.1 Å². The highest BCUT2D eigenvalue weighted by molar-refractivity contribution is 6.30. The van der Waals surface area contributed by atoms with Gasteiger partial charge in [-0.25, -0.2) is 4.39 Å². The van der Waals surface area contributed by atoms with Crippen molar-refractivity contribution in [1.82, 2.24) is 9.88 Å². The molecule has 2 aliphatic heterocycles. The first-order chi connectivity index (χ1) is 15.6. The number of carbonyl (C=O) groups excluding carboxylic acids is 1. The summed E-state index contributed by atoms with van der Waals surface area (Å²) in [6.45, 7) is 4.56. The summed E-state index contributed by atoms with van der Waals surface area (Å²) in [6.07, 6.45) is 4.88. The standard InChI is InChI=1S/C25H26ClFN4O/c26-18-5-4-6-20(15-18)29-11-13-30(14-12-29)24-21-16-19(27)7-8-23(21)28-17-22(24)25(32)31-9-2-1-3-10-31/h4-8,15-17H,1-3,9-14H2. The highest BCUT2D eigenvalue weighted by Gasteiger charge is 2.27. The zero-order valence-corrected chi connectivity index (χ0v) is 18.7. The molecule has 3 aromatic rings. The zero-order chi connectivity index (χ0) is 22.1. The van der Waals surface area contributed by atoms with Crippen molar-refractivity contribution < 1.29 is 9.18 Å². The number of hydrogen-bond acceptors (Lipinski definition) is 4. The second kappa shape index (κ2) is 8.94. The maximum absolute atomic E-state index is 14.2. The predicted molar refractivity (Wildman–Crippen MR) is 127 cm³/mol. The third kappa shape index (κ3) is 4.11. The van der Waals surface area contributed by atoms with E-state index in [1.54, 1.807) is 12.3 Å². The normalized spacial score (nSPS) is 17.1. The van der Waals surface area contributed by atoms with E-state index in [1.807, 2.05) is 23.1 Å². The summed E-state index contributed by atoms with van der Waals surface area (Å²) in [5.41, 5.74) is 3.17. The van der Waals surface area contributed by atoms with E-state index in [0.717, 1.165) is 74.9 Å². The van der Waals surface area contributed by atoms with Crippen LogP contribution in [0, 0.1) is 5.82 Å². The summed E-state index contributed by atoms with van der Waals surface area (Å²) < 4.78 is 14.2. The maximum atomic E-state index is 14.2. The number of piperazine rings is 1. The Morgan fingerprint density at radius 1 is 0.906 bits per heavy atom. The molecule has 5 nitrogen and oxygen atoms in total. The van der Waals surface area contributed by atoms with Crippen molar-refractivity contribution in [2.45, 2.75) is 19.3 Å². The molecule has 2 fully saturated rings. The Morgan fingerprint density at radius 3 is 2.41 bits per heavy atom. The lowest BCUT2D eigenvalue weighted by atomic mass is 10.0. The molecule has 7 heteroatoms. The molecule has 0 unspecified atom stereocenters. The number of halogens is 2. The van der Waals surface area contributed by atoms with Gasteiger partial charge in [-0.1, -0.05) is 17.7 Å². The fraction of sp³-hybridized carbons (Fsp3) is 0.360. The summed E-state index contributed by atoms with van der Waals surface area (Å²) in [5, 5.41) is 1.42. The van der Waals surface area contributed by atoms with Crippen LogP contribution in [0.15, 0.2) is 48.7 Å². The summed E-state index contributed by atoms with van der Waals surface area (Å²) in [4.78, 5) is 24.4. The Bertz CT molecular complexity index is 1140. The Labute approximate surface area is 192 Å². The number of rotatable bonds is 3. The lowest BCUT2D eigenvalue weighted by molar-refractivity contribution is 0.0724. The molecule has 2 aromatic carbocycles. The number of anilines is 2. The molecule has 2 saturated heterocycles. The number of carbonyl (C=O) groups is 1. The molecule has 1 aromatic heterocycles. The quantitative estimate of drug-likeness (QED) is 0.562. The number of hydrogen-bond donors (Lipinski definition) is 0. The van der Waals surface area contributed by atoms with E-state index in [0.29, 0.717) is 16.5 Å². The Morgan fingerprint density at radius 2 is 1.66 bits per heavy atom. The molecule has 0 saturated carbocycles. The van der Waals surface area contributed by atoms with Crippen LogP contribution in [0.25, 0.3) is 10.9 Å². The lowest BCUT2D eigenvalue weighted by Crippen LogP contribution is -2.47. The Hall–Kier alpha value is -2.86. The van der Waals surface area contributed by atoms with Crippen molar-refractivity contribution in [2.75, 3.05) is 49.1 Å². The van der Waals surface area contributed by atoms with E-state index in [9.17, 15) is 9.18 Å². The molecule has 166 valence electrons. The number of aromatic nitrogens is 1. The van der Waals surface area contributed by atoms with Crippen LogP contribution in [0.1, 0.15) is 29.6 Å². The Balaban J connectivity index is 1.49. The molecule has 5 rings (SSSR count). The molecule has 3 heterocycles. The molecule has 1 amide bonds. The van der Waals surface area contributed by atoms with Crippen LogP contribution in [0.2, 0.25) is 5.02 Å². The van der Waals surface area contributed by atoms with Crippen molar-refractivity contribution >= 4 is 39.8 Å². The summed E-state index contributed by atoms with van der Waals surface area (Å²) in [5.74, 6) is -0.323. The first-order valence-electron chi connectivity index (χ1n) is 11.2. The van der Waals surface area contributed by atoms with Crippen LogP contribution in [0.3, 0.4) is 0 Å². The van der Waals surface area contributed by atoms with Gasteiger partial charge in [0, 0.05) is 61.6 Å². The number of likely N-dealkylation sites (tertiary alicyclic amines) is 1. The SMILES string of the molecule is O=C(c1cnc2ccc(F)cc2c1N1CCN(c2cccc(Cl)c2)CC1)N1CCCCC1. The van der Waals surface area contributed by atoms with Gasteiger partial charge in [0.15, 0.2) is 0 Å². The fourth-order valence-electron chi connectivity index (χ4n) is 4.78. The van der Waals surface area contributed by atoms with Gasteiger partial charge in [0.1, 0.15) is 5.82 Å². The van der Waals surface area contributed by atoms with Gasteiger partial charge in [-0.2, -0.15) is 0 Å². The second-order valence-electron chi connectivity index (χ2n) is 8.49. The average molecular weight is 453 g/mol. The van der Waals surface area contributed by atoms with Crippen LogP contribution in [0.4, 0.5) is 15.8 Å². The molecule has 0 aliphatic carbocycles. The number of amides is 1. The smallest absolute Gasteiger partial charge is 0.257 e. The van der Waals surface area contributed by atoms with Crippen molar-refractivity contribution in [1.29, 1.82) is 0 Å². The van der Waals surface area contributed by atoms with E-state index >= 15 is 0 Å². The van der Waals surface area contributed by atoms with E-state index in [1.165, 1.54) is 12.1 Å². The third-order valence-corrected chi connectivity index (χ3v) is 6.68. The number of benzene rings is 2. The van der Waals surface area contributed by atoms with Gasteiger partial charge < -0.3 is 14.7 Å². The Kier molecular flexibility index (Phi) is 5.87. The van der Waals surface area contributed by atoms with Crippen LogP contribution >= 0.6 is 11.6 Å². The van der Waals surface area contributed by atoms with Crippen LogP contribution in [-0.4, -0.2) is 55.1 Å². The molecule has 32 heavy (non-hydrogen) atoms. The molecule has 0 N–H and O–H groups in total. The van der Waals surface area contributed by atoms with Crippen LogP contribution in [0.5, 0.6) is 0 Å². The highest BCUT2D eigenvalue weighted by Crippen LogP contribution is 2.33. The molecule has 0 atom stereocenters. The minimum Gasteiger partial charge on any atom is -0.368 e. The van der Waals surface area contributed by atoms with E-state index < -0.39 is 0 Å². The van der Waals surface area contributed by atoms with Gasteiger partial charge in [-0.3, -0.25) is 9.78 Å². The second-order valence-corrected chi connectivity index (χ2v) is 8.93. The van der Waals surface area contributed by atoms with Gasteiger partial charge in [0.05, 0.1) is 16.8 Å². The van der Waals surface area contributed by atoms with E-state index in [4.69, 9.17) is 11.6 Å². The molecule has 0 bridgehead atoms. The van der Waals surface area contributed by atoms with Gasteiger partial charge >= 0.3 is 0 Å². The van der Waals surface area contributed by atoms with E-state index in [-0.39, 0.29) is 11.7 Å². The monoisotopic (exact) mass is 452 g/mol. The highest BCUT2D eigenvalue weighted by atomic mass is 35.5. The van der Waals surface area contributed by atoms with Gasteiger partial charge in [0.25, 0.3) is 5.91 Å². The first-order valence-corrected chi connectivity index (χ1v) is 11.6. The summed E-state index contributed by atoms with van der Waals surface area (Å²) in [6, 6.07) is 12.5. The molecule has 0 spiro atoms. The number of pyridine rings is 1. The molecular formula is C25H26ClFN4O. The summed E-state index contributed by atoms with van der Waals surface area (Å²) in [7, 11) is 0. The van der Waals surface area contributed by atoms with Crippen LogP contribution < -0.4 is 9.80 Å². The fourth-order valence-corrected chi connectivity index (χ4v) is 4.96. The summed E-state index contributed by atoms with van der Waals surface area (Å²) >= 11 is 6.18. The lowest BCUT2D eigenvalue weighted by Gasteiger charge is -2.39. The average Bonchev–Trinajstić information content (AvgIpc) is 2.83. The largest absolute Gasteiger partial charge is 0.368 e. The third-order valence-electron chi connectivity index (χ3n) is 6.44. The predicted octanol–water partition coefficient (Wildman–Crippen LogP) is 4.98. The van der Waals surface area contributed by atoms with Crippen molar-refractivity contribution in [2.24, 2.45) is 0 Å². The van der Waals surface area contributed by atoms with Gasteiger partial charge in [0.2, 0.25) is 0 Å². The molecule has 2 aliphatic rings. The number of nitrogens with zero attached hydrogens (tertiary/aromatic N) is 4. The number of piperidine rings is 1. The van der Waals surface area contributed by atoms with Gasteiger partial charge in [-0.15, -0.1) is 0 Å². The van der Waals surface area contributed by atoms with E-state index in [2.05, 4.69) is 20.9 Å². The zero-order valence-electron chi connectivity index (χ0n) is 17.9.